The summed E-state index contributed by atoms with van der Waals surface area (Å²) in [5.41, 5.74) is 1.29. The molecular formula is C19H22FN3O2S. The SMILES string of the molecule is C[C@@H]1CN(Cc2csc(NC(=O)/C=C/c3ccccc3F)n2)C[C@H](C)O1. The smallest absolute Gasteiger partial charge is 0.250 e. The Balaban J connectivity index is 1.55. The lowest BCUT2D eigenvalue weighted by Gasteiger charge is -2.34. The molecule has 0 bridgehead atoms. The van der Waals surface area contributed by atoms with Gasteiger partial charge in [-0.05, 0) is 26.0 Å². The van der Waals surface area contributed by atoms with Crippen LogP contribution in [0.15, 0.2) is 35.7 Å². The largest absolute Gasteiger partial charge is 0.373 e. The van der Waals surface area contributed by atoms with Crippen LogP contribution in [0.25, 0.3) is 6.08 Å². The monoisotopic (exact) mass is 375 g/mol. The van der Waals surface area contributed by atoms with Crippen LogP contribution < -0.4 is 5.32 Å². The van der Waals surface area contributed by atoms with Crippen LogP contribution in [0.2, 0.25) is 0 Å². The molecule has 0 spiro atoms. The lowest BCUT2D eigenvalue weighted by molar-refractivity contribution is -0.111. The Hall–Kier alpha value is -2.09. The molecule has 0 radical (unpaired) electrons. The molecule has 138 valence electrons. The first-order valence-electron chi connectivity index (χ1n) is 8.55. The number of amides is 1. The Bertz CT molecular complexity index is 783. The molecule has 5 nitrogen and oxygen atoms in total. The summed E-state index contributed by atoms with van der Waals surface area (Å²) in [5.74, 6) is -0.690. The predicted molar refractivity (Wildman–Crippen MR) is 101 cm³/mol. The number of rotatable bonds is 5. The number of thiazole rings is 1. The molecule has 1 aliphatic heterocycles. The van der Waals surface area contributed by atoms with Crippen molar-refractivity contribution < 1.29 is 13.9 Å². The van der Waals surface area contributed by atoms with Gasteiger partial charge in [-0.1, -0.05) is 18.2 Å². The fourth-order valence-electron chi connectivity index (χ4n) is 3.00. The van der Waals surface area contributed by atoms with Crippen molar-refractivity contribution in [3.05, 3.63) is 52.8 Å². The predicted octanol–water partition coefficient (Wildman–Crippen LogP) is 3.54. The highest BCUT2D eigenvalue weighted by atomic mass is 32.1. The zero-order valence-corrected chi connectivity index (χ0v) is 15.6. The molecule has 1 amide bonds. The Morgan fingerprint density at radius 2 is 2.12 bits per heavy atom. The second kappa shape index (κ2) is 8.53. The van der Waals surface area contributed by atoms with E-state index in [0.29, 0.717) is 10.7 Å². The van der Waals surface area contributed by atoms with Crippen molar-refractivity contribution in [2.24, 2.45) is 0 Å². The van der Waals surface area contributed by atoms with Crippen molar-refractivity contribution in [3.63, 3.8) is 0 Å². The van der Waals surface area contributed by atoms with E-state index in [0.717, 1.165) is 25.3 Å². The van der Waals surface area contributed by atoms with Gasteiger partial charge in [-0.25, -0.2) is 9.37 Å². The van der Waals surface area contributed by atoms with Gasteiger partial charge in [-0.15, -0.1) is 11.3 Å². The van der Waals surface area contributed by atoms with Crippen LogP contribution >= 0.6 is 11.3 Å². The first kappa shape index (κ1) is 18.7. The van der Waals surface area contributed by atoms with E-state index in [4.69, 9.17) is 4.74 Å². The summed E-state index contributed by atoms with van der Waals surface area (Å²) in [4.78, 5) is 18.8. The van der Waals surface area contributed by atoms with Gasteiger partial charge in [0.1, 0.15) is 5.82 Å². The number of hydrogen-bond acceptors (Lipinski definition) is 5. The molecule has 1 aromatic heterocycles. The lowest BCUT2D eigenvalue weighted by atomic mass is 10.2. The van der Waals surface area contributed by atoms with Crippen molar-refractivity contribution in [2.45, 2.75) is 32.6 Å². The fraction of sp³-hybridized carbons (Fsp3) is 0.368. The van der Waals surface area contributed by atoms with Crippen LogP contribution in [-0.4, -0.2) is 41.1 Å². The van der Waals surface area contributed by atoms with Crippen LogP contribution in [0.1, 0.15) is 25.1 Å². The maximum Gasteiger partial charge on any atom is 0.250 e. The van der Waals surface area contributed by atoms with Crippen molar-refractivity contribution in [2.75, 3.05) is 18.4 Å². The molecule has 1 fully saturated rings. The molecule has 26 heavy (non-hydrogen) atoms. The van der Waals surface area contributed by atoms with Gasteiger partial charge in [-0.2, -0.15) is 0 Å². The maximum atomic E-state index is 13.5. The normalized spacial score (nSPS) is 21.2. The van der Waals surface area contributed by atoms with Gasteiger partial charge in [0.25, 0.3) is 0 Å². The molecular weight excluding hydrogens is 353 g/mol. The number of nitrogens with one attached hydrogen (secondary N) is 1. The van der Waals surface area contributed by atoms with Gasteiger partial charge in [-0.3, -0.25) is 15.0 Å². The minimum absolute atomic E-state index is 0.208. The number of aromatic nitrogens is 1. The number of nitrogens with zero attached hydrogens (tertiary/aromatic N) is 2. The van der Waals surface area contributed by atoms with E-state index in [1.807, 2.05) is 5.38 Å². The number of morpholine rings is 1. The van der Waals surface area contributed by atoms with E-state index in [9.17, 15) is 9.18 Å². The van der Waals surface area contributed by atoms with Crippen molar-refractivity contribution >= 4 is 28.5 Å². The highest BCUT2D eigenvalue weighted by Crippen LogP contribution is 2.19. The van der Waals surface area contributed by atoms with Crippen molar-refractivity contribution in [3.8, 4) is 0 Å². The molecule has 1 saturated heterocycles. The first-order valence-corrected chi connectivity index (χ1v) is 9.43. The van der Waals surface area contributed by atoms with E-state index < -0.39 is 0 Å². The highest BCUT2D eigenvalue weighted by Gasteiger charge is 2.22. The van der Waals surface area contributed by atoms with Gasteiger partial charge in [0.2, 0.25) is 5.91 Å². The number of benzene rings is 1. The lowest BCUT2D eigenvalue weighted by Crippen LogP contribution is -2.44. The molecule has 2 heterocycles. The number of anilines is 1. The molecule has 1 aromatic carbocycles. The standard InChI is InChI=1S/C19H22FN3O2S/c1-13-9-23(10-14(2)25-13)11-16-12-26-19(21-16)22-18(24)8-7-15-5-3-4-6-17(15)20/h3-8,12-14H,9-11H2,1-2H3,(H,21,22,24)/b8-7+/t13-,14+. The molecule has 3 rings (SSSR count). The summed E-state index contributed by atoms with van der Waals surface area (Å²) in [6.07, 6.45) is 3.18. The van der Waals surface area contributed by atoms with Crippen LogP contribution in [0, 0.1) is 5.82 Å². The summed E-state index contributed by atoms with van der Waals surface area (Å²) < 4.78 is 19.3. The Morgan fingerprint density at radius 1 is 1.38 bits per heavy atom. The number of hydrogen-bond donors (Lipinski definition) is 1. The Morgan fingerprint density at radius 3 is 2.85 bits per heavy atom. The van der Waals surface area contributed by atoms with Gasteiger partial charge < -0.3 is 4.74 Å². The quantitative estimate of drug-likeness (QED) is 0.812. The Labute approximate surface area is 156 Å². The third-order valence-electron chi connectivity index (χ3n) is 3.98. The van der Waals surface area contributed by atoms with Gasteiger partial charge in [0.05, 0.1) is 17.9 Å². The van der Waals surface area contributed by atoms with E-state index in [1.54, 1.807) is 18.2 Å². The molecule has 7 heteroatoms. The number of ether oxygens (including phenoxy) is 1. The third kappa shape index (κ3) is 5.20. The third-order valence-corrected chi connectivity index (χ3v) is 4.79. The molecule has 1 aliphatic rings. The summed E-state index contributed by atoms with van der Waals surface area (Å²) in [6.45, 7) is 6.61. The van der Waals surface area contributed by atoms with Crippen LogP contribution in [0.5, 0.6) is 0 Å². The average molecular weight is 375 g/mol. The van der Waals surface area contributed by atoms with Crippen molar-refractivity contribution in [1.82, 2.24) is 9.88 Å². The first-order chi connectivity index (χ1) is 12.5. The molecule has 0 aliphatic carbocycles. The van der Waals surface area contributed by atoms with Gasteiger partial charge in [0.15, 0.2) is 5.13 Å². The van der Waals surface area contributed by atoms with Crippen LogP contribution in [0.4, 0.5) is 9.52 Å². The Kier molecular flexibility index (Phi) is 6.13. The summed E-state index contributed by atoms with van der Waals surface area (Å²) >= 11 is 1.38. The summed E-state index contributed by atoms with van der Waals surface area (Å²) in [6, 6.07) is 6.31. The minimum Gasteiger partial charge on any atom is -0.373 e. The molecule has 2 aromatic rings. The minimum atomic E-state index is -0.359. The average Bonchev–Trinajstić information content (AvgIpc) is 3.00. The number of halogens is 1. The maximum absolute atomic E-state index is 13.5. The van der Waals surface area contributed by atoms with E-state index in [2.05, 4.69) is 29.0 Å². The number of carbonyl (C=O) groups is 1. The van der Waals surface area contributed by atoms with Crippen LogP contribution in [-0.2, 0) is 16.1 Å². The zero-order valence-electron chi connectivity index (χ0n) is 14.8. The van der Waals surface area contributed by atoms with Gasteiger partial charge in [0, 0.05) is 36.7 Å². The number of carbonyl (C=O) groups excluding carboxylic acids is 1. The van der Waals surface area contributed by atoms with E-state index in [1.165, 1.54) is 29.6 Å². The zero-order chi connectivity index (χ0) is 18.5. The van der Waals surface area contributed by atoms with E-state index >= 15 is 0 Å². The second-order valence-corrected chi connectivity index (χ2v) is 7.30. The van der Waals surface area contributed by atoms with E-state index in [-0.39, 0.29) is 23.9 Å². The second-order valence-electron chi connectivity index (χ2n) is 6.44. The molecule has 1 N–H and O–H groups in total. The summed E-state index contributed by atoms with van der Waals surface area (Å²) in [7, 11) is 0. The summed E-state index contributed by atoms with van der Waals surface area (Å²) in [5, 5.41) is 5.21. The topological polar surface area (TPSA) is 54.5 Å². The molecule has 0 unspecified atom stereocenters. The van der Waals surface area contributed by atoms with Crippen LogP contribution in [0.3, 0.4) is 0 Å². The van der Waals surface area contributed by atoms with Crippen molar-refractivity contribution in [1.29, 1.82) is 0 Å². The molecule has 2 atom stereocenters. The fourth-order valence-corrected chi connectivity index (χ4v) is 3.71. The molecule has 0 saturated carbocycles. The van der Waals surface area contributed by atoms with Gasteiger partial charge >= 0.3 is 0 Å². The highest BCUT2D eigenvalue weighted by molar-refractivity contribution is 7.13.